The molecule has 0 fully saturated rings. The molecule has 0 amide bonds. The Balaban J connectivity index is 2.26. The Kier molecular flexibility index (Phi) is 4.95. The van der Waals surface area contributed by atoms with Crippen molar-refractivity contribution in [2.45, 2.75) is 0 Å². The number of benzene rings is 1. The molecule has 134 valence electrons. The quantitative estimate of drug-likeness (QED) is 0.401. The Bertz CT molecular complexity index is 1160. The highest BCUT2D eigenvalue weighted by Gasteiger charge is 2.18. The first-order valence-electron chi connectivity index (χ1n) is 7.69. The Morgan fingerprint density at radius 1 is 1.26 bits per heavy atom. The summed E-state index contributed by atoms with van der Waals surface area (Å²) in [6.45, 7) is 0. The summed E-state index contributed by atoms with van der Waals surface area (Å²) in [5, 5.41) is 9.17. The van der Waals surface area contributed by atoms with Crippen molar-refractivity contribution in [3.63, 3.8) is 0 Å². The Morgan fingerprint density at radius 3 is 2.70 bits per heavy atom. The number of fused-ring (bicyclic) bond motifs is 1. The van der Waals surface area contributed by atoms with Crippen LogP contribution in [0.25, 0.3) is 11.7 Å². The molecule has 0 aliphatic rings. The Labute approximate surface area is 152 Å². The van der Waals surface area contributed by atoms with Gasteiger partial charge in [-0.2, -0.15) is 10.2 Å². The minimum Gasteiger partial charge on any atom is -0.465 e. The lowest BCUT2D eigenvalue weighted by molar-refractivity contribution is -0.135. The second kappa shape index (κ2) is 7.49. The number of carbonyl (C=O) groups is 1. The fourth-order valence-corrected chi connectivity index (χ4v) is 2.31. The van der Waals surface area contributed by atoms with Crippen molar-refractivity contribution < 1.29 is 18.7 Å². The molecule has 2 aromatic heterocycles. The highest BCUT2D eigenvalue weighted by molar-refractivity contribution is 5.98. The summed E-state index contributed by atoms with van der Waals surface area (Å²) in [7, 11) is 1.11. The lowest BCUT2D eigenvalue weighted by atomic mass is 10.2. The van der Waals surface area contributed by atoms with Crippen molar-refractivity contribution in [3.8, 4) is 17.7 Å². The van der Waals surface area contributed by atoms with Gasteiger partial charge in [0.05, 0.1) is 7.11 Å². The first kappa shape index (κ1) is 17.8. The fourth-order valence-electron chi connectivity index (χ4n) is 2.31. The number of nitriles is 1. The van der Waals surface area contributed by atoms with Crippen LogP contribution < -0.4 is 10.3 Å². The van der Waals surface area contributed by atoms with Crippen LogP contribution in [0, 0.1) is 17.1 Å². The molecule has 0 N–H and O–H groups in total. The molecule has 0 saturated heterocycles. The van der Waals surface area contributed by atoms with E-state index in [1.807, 2.05) is 0 Å². The van der Waals surface area contributed by atoms with Crippen LogP contribution in [-0.4, -0.2) is 22.5 Å². The van der Waals surface area contributed by atoms with E-state index in [0.717, 1.165) is 13.2 Å². The average molecular weight is 365 g/mol. The number of methoxy groups -OCH3 is 1. The number of ether oxygens (including phenoxy) is 2. The van der Waals surface area contributed by atoms with Crippen LogP contribution >= 0.6 is 0 Å². The lowest BCUT2D eigenvalue weighted by Gasteiger charge is -2.10. The monoisotopic (exact) mass is 365 g/mol. The van der Waals surface area contributed by atoms with Crippen molar-refractivity contribution in [2.75, 3.05) is 7.11 Å². The van der Waals surface area contributed by atoms with Gasteiger partial charge in [0, 0.05) is 6.20 Å². The number of nitrogens with zero attached hydrogens (tertiary/aromatic N) is 3. The standard InChI is InChI=1S/C19H12FN3O4/c1-26-19(25)12(11-21)10-13-17(27-15-7-3-2-6-14(15)20)22-16-8-4-5-9-23(16)18(13)24/h2-10H,1H3/b12-10+. The molecule has 0 saturated carbocycles. The molecule has 0 bridgehead atoms. The molecule has 0 atom stereocenters. The summed E-state index contributed by atoms with van der Waals surface area (Å²) < 4.78 is 25.2. The van der Waals surface area contributed by atoms with Gasteiger partial charge in [0.25, 0.3) is 5.56 Å². The summed E-state index contributed by atoms with van der Waals surface area (Å²) >= 11 is 0. The highest BCUT2D eigenvalue weighted by atomic mass is 19.1. The summed E-state index contributed by atoms with van der Waals surface area (Å²) in [5.41, 5.74) is -0.958. The summed E-state index contributed by atoms with van der Waals surface area (Å²) in [6, 6.07) is 12.1. The third kappa shape index (κ3) is 3.52. The van der Waals surface area contributed by atoms with E-state index in [4.69, 9.17) is 10.00 Å². The van der Waals surface area contributed by atoms with Gasteiger partial charge >= 0.3 is 5.97 Å². The molecule has 3 rings (SSSR count). The van der Waals surface area contributed by atoms with Crippen LogP contribution in [0.5, 0.6) is 11.6 Å². The van der Waals surface area contributed by atoms with Crippen LogP contribution in [-0.2, 0) is 9.53 Å². The summed E-state index contributed by atoms with van der Waals surface area (Å²) in [4.78, 5) is 28.7. The number of aromatic nitrogens is 2. The van der Waals surface area contributed by atoms with E-state index in [0.29, 0.717) is 0 Å². The van der Waals surface area contributed by atoms with E-state index >= 15 is 0 Å². The van der Waals surface area contributed by atoms with Gasteiger partial charge in [-0.3, -0.25) is 9.20 Å². The minimum atomic E-state index is -0.924. The van der Waals surface area contributed by atoms with E-state index in [9.17, 15) is 14.0 Å². The molecular weight excluding hydrogens is 353 g/mol. The first-order chi connectivity index (χ1) is 13.0. The normalized spacial score (nSPS) is 11.1. The van der Waals surface area contributed by atoms with Gasteiger partial charge in [-0.15, -0.1) is 0 Å². The molecule has 0 radical (unpaired) electrons. The molecule has 0 unspecified atom stereocenters. The van der Waals surface area contributed by atoms with Crippen molar-refractivity contribution in [3.05, 3.63) is 76.0 Å². The van der Waals surface area contributed by atoms with Gasteiger partial charge in [0.2, 0.25) is 5.88 Å². The number of pyridine rings is 1. The molecule has 27 heavy (non-hydrogen) atoms. The van der Waals surface area contributed by atoms with Crippen LogP contribution in [0.4, 0.5) is 4.39 Å². The van der Waals surface area contributed by atoms with E-state index in [1.54, 1.807) is 30.3 Å². The van der Waals surface area contributed by atoms with Crippen LogP contribution in [0.2, 0.25) is 0 Å². The van der Waals surface area contributed by atoms with Gasteiger partial charge in [-0.1, -0.05) is 18.2 Å². The van der Waals surface area contributed by atoms with Crippen molar-refractivity contribution in [1.29, 1.82) is 5.26 Å². The van der Waals surface area contributed by atoms with E-state index in [1.165, 1.54) is 28.8 Å². The van der Waals surface area contributed by atoms with Gasteiger partial charge in [-0.05, 0) is 30.3 Å². The zero-order valence-electron chi connectivity index (χ0n) is 14.0. The molecule has 0 aliphatic carbocycles. The second-order valence-electron chi connectivity index (χ2n) is 5.26. The molecule has 2 heterocycles. The smallest absolute Gasteiger partial charge is 0.348 e. The second-order valence-corrected chi connectivity index (χ2v) is 5.26. The Morgan fingerprint density at radius 2 is 2.00 bits per heavy atom. The van der Waals surface area contributed by atoms with Gasteiger partial charge < -0.3 is 9.47 Å². The van der Waals surface area contributed by atoms with Crippen LogP contribution in [0.3, 0.4) is 0 Å². The maximum Gasteiger partial charge on any atom is 0.348 e. The number of para-hydroxylation sites is 1. The van der Waals surface area contributed by atoms with Gasteiger partial charge in [0.1, 0.15) is 22.9 Å². The molecule has 8 heteroatoms. The maximum atomic E-state index is 14.0. The molecule has 0 spiro atoms. The Hall–Kier alpha value is -3.99. The molecule has 3 aromatic rings. The lowest BCUT2D eigenvalue weighted by Crippen LogP contribution is -2.19. The van der Waals surface area contributed by atoms with E-state index in [-0.39, 0.29) is 22.8 Å². The first-order valence-corrected chi connectivity index (χ1v) is 7.69. The van der Waals surface area contributed by atoms with Crippen LogP contribution in [0.15, 0.2) is 59.0 Å². The number of hydrogen-bond acceptors (Lipinski definition) is 6. The zero-order valence-corrected chi connectivity index (χ0v) is 14.0. The van der Waals surface area contributed by atoms with Crippen molar-refractivity contribution in [1.82, 2.24) is 9.38 Å². The molecule has 7 nitrogen and oxygen atoms in total. The topological polar surface area (TPSA) is 93.7 Å². The van der Waals surface area contributed by atoms with Crippen LogP contribution in [0.1, 0.15) is 5.56 Å². The van der Waals surface area contributed by atoms with E-state index < -0.39 is 22.9 Å². The largest absolute Gasteiger partial charge is 0.465 e. The SMILES string of the molecule is COC(=O)/C(C#N)=C/c1c(Oc2ccccc2F)nc2ccccn2c1=O. The van der Waals surface area contributed by atoms with E-state index in [2.05, 4.69) is 9.72 Å². The zero-order chi connectivity index (χ0) is 19.4. The highest BCUT2D eigenvalue weighted by Crippen LogP contribution is 2.26. The predicted molar refractivity (Wildman–Crippen MR) is 93.5 cm³/mol. The maximum absolute atomic E-state index is 14.0. The third-order valence-corrected chi connectivity index (χ3v) is 3.59. The number of halogens is 1. The number of carbonyl (C=O) groups excluding carboxylic acids is 1. The number of hydrogen-bond donors (Lipinski definition) is 0. The van der Waals surface area contributed by atoms with Crippen molar-refractivity contribution >= 4 is 17.7 Å². The summed E-state index contributed by atoms with van der Waals surface area (Å²) in [5.74, 6) is -1.98. The van der Waals surface area contributed by atoms with Crippen molar-refractivity contribution in [2.24, 2.45) is 0 Å². The average Bonchev–Trinajstić information content (AvgIpc) is 2.69. The van der Waals surface area contributed by atoms with Gasteiger partial charge in [0.15, 0.2) is 11.6 Å². The summed E-state index contributed by atoms with van der Waals surface area (Å²) in [6.07, 6.45) is 2.48. The number of rotatable bonds is 4. The third-order valence-electron chi connectivity index (χ3n) is 3.59. The minimum absolute atomic E-state index is 0.157. The number of esters is 1. The molecule has 0 aliphatic heterocycles. The van der Waals surface area contributed by atoms with Gasteiger partial charge in [-0.25, -0.2) is 9.18 Å². The molecule has 1 aromatic carbocycles. The predicted octanol–water partition coefficient (Wildman–Crippen LogP) is 2.71. The fraction of sp³-hybridized carbons (Fsp3) is 0.0526. The molecular formula is C19H12FN3O4.